The van der Waals surface area contributed by atoms with Crippen molar-refractivity contribution in [2.45, 2.75) is 225 Å². The van der Waals surface area contributed by atoms with E-state index < -0.39 is 63.6 Å². The molecule has 0 bridgehead atoms. The van der Waals surface area contributed by atoms with Crippen LogP contribution in [0.1, 0.15) is 86.9 Å². The Labute approximate surface area is 694 Å². The Kier molecular flexibility index (Phi) is 30.3. The number of imidazole rings is 4. The van der Waals surface area contributed by atoms with Crippen LogP contribution >= 0.6 is 11.6 Å². The molecule has 0 aliphatic carbocycles. The van der Waals surface area contributed by atoms with Crippen LogP contribution in [-0.2, 0) is 64.8 Å². The van der Waals surface area contributed by atoms with Gasteiger partial charge in [-0.25, -0.2) is 61.2 Å². The predicted molar refractivity (Wildman–Crippen MR) is 464 cm³/mol. The fraction of sp³-hybridized carbons (Fsp3) is 0.580. The van der Waals surface area contributed by atoms with Crippen LogP contribution in [0.4, 0.5) is 17.6 Å². The lowest BCUT2D eigenvalue weighted by molar-refractivity contribution is 0.0667. The topological polar surface area (TPSA) is 263 Å². The van der Waals surface area contributed by atoms with Crippen LogP contribution in [0.25, 0.3) is 61.4 Å². The summed E-state index contributed by atoms with van der Waals surface area (Å²) in [5.41, 5.74) is 7.03. The van der Waals surface area contributed by atoms with E-state index in [-0.39, 0.29) is 96.1 Å². The lowest BCUT2D eigenvalue weighted by Crippen LogP contribution is -2.31. The first kappa shape index (κ1) is 90.9. The van der Waals surface area contributed by atoms with Gasteiger partial charge in [-0.05, 0) is 81.5 Å². The van der Waals surface area contributed by atoms with Crippen molar-refractivity contribution >= 4 is 102 Å². The van der Waals surface area contributed by atoms with Gasteiger partial charge in [-0.2, -0.15) is 5.10 Å². The maximum Gasteiger partial charge on any atom is 0.332 e. The van der Waals surface area contributed by atoms with Gasteiger partial charge in [0.05, 0.1) is 45.5 Å². The second-order valence-corrected chi connectivity index (χ2v) is 63.9. The average Bonchev–Trinajstić information content (AvgIpc) is 1.61. The van der Waals surface area contributed by atoms with Gasteiger partial charge in [-0.15, -0.1) is 12.0 Å². The third kappa shape index (κ3) is 23.1. The van der Waals surface area contributed by atoms with Crippen molar-refractivity contribution in [1.29, 1.82) is 0 Å². The molecule has 0 N–H and O–H groups in total. The van der Waals surface area contributed by atoms with Crippen molar-refractivity contribution in [1.82, 2.24) is 71.1 Å². The molecule has 4 fully saturated rings. The highest BCUT2D eigenvalue weighted by Crippen LogP contribution is 2.33. The zero-order chi connectivity index (χ0) is 85.2. The smallest absolute Gasteiger partial charge is 0.332 e. The van der Waals surface area contributed by atoms with Gasteiger partial charge in [0.1, 0.15) is 40.7 Å². The van der Waals surface area contributed by atoms with Crippen LogP contribution in [0.15, 0.2) is 68.2 Å². The summed E-state index contributed by atoms with van der Waals surface area (Å²) in [6, 6.07) is 9.14. The largest absolute Gasteiger partial charge is 0.381 e. The molecule has 4 saturated heterocycles. The van der Waals surface area contributed by atoms with Crippen LogP contribution in [0.2, 0.25) is 128 Å². The Morgan fingerprint density at radius 1 is 0.441 bits per heavy atom. The number of rotatable bonds is 25. The third-order valence-corrected chi connectivity index (χ3v) is 28.8. The molecule has 10 aromatic rings. The number of terminal acetylenes is 1. The Morgan fingerprint density at radius 3 is 1.11 bits per heavy atom. The van der Waals surface area contributed by atoms with Gasteiger partial charge in [-0.3, -0.25) is 41.5 Å². The van der Waals surface area contributed by atoms with E-state index in [1.807, 2.05) is 0 Å². The zero-order valence-electron chi connectivity index (χ0n) is 70.8. The molecule has 0 aromatic carbocycles. The molecule has 14 rings (SSSR count). The molecule has 10 aromatic heterocycles. The van der Waals surface area contributed by atoms with Crippen LogP contribution in [0, 0.1) is 47.1 Å². The minimum Gasteiger partial charge on any atom is -0.381 e. The summed E-state index contributed by atoms with van der Waals surface area (Å²) in [5, 5.41) is 4.06. The van der Waals surface area contributed by atoms with Gasteiger partial charge in [0.15, 0.2) is 62.4 Å². The van der Waals surface area contributed by atoms with Crippen molar-refractivity contribution in [3.63, 3.8) is 0 Å². The van der Waals surface area contributed by atoms with Gasteiger partial charge < -0.3 is 37.9 Å². The minimum atomic E-state index is -1.69. The molecular weight excluding hydrogens is 1630 g/mol. The summed E-state index contributed by atoms with van der Waals surface area (Å²) in [7, 11) is -6.66. The van der Waals surface area contributed by atoms with Gasteiger partial charge in [-0.1, -0.05) is 116 Å². The molecular formula is C81H114ClF4N15O12Si5. The van der Waals surface area contributed by atoms with E-state index in [4.69, 9.17) is 55.9 Å². The second-order valence-electron chi connectivity index (χ2n) is 36.3. The monoisotopic (exact) mass is 1740 g/mol. The summed E-state index contributed by atoms with van der Waals surface area (Å²) in [5.74, 6) is 2.91. The summed E-state index contributed by atoms with van der Waals surface area (Å²) in [6.45, 7) is 40.9. The normalized spacial score (nSPS) is 15.9. The van der Waals surface area contributed by atoms with Crippen molar-refractivity contribution in [3.05, 3.63) is 131 Å². The fourth-order valence-corrected chi connectivity index (χ4v) is 17.7. The first-order chi connectivity index (χ1) is 55.9. The second kappa shape index (κ2) is 39.4. The van der Waals surface area contributed by atoms with E-state index in [2.05, 4.69) is 146 Å². The molecule has 27 nitrogen and oxygen atoms in total. The number of hydrogen-bond donors (Lipinski definition) is 0. The van der Waals surface area contributed by atoms with Crippen molar-refractivity contribution in [3.8, 4) is 35.1 Å². The molecule has 0 saturated carbocycles. The Morgan fingerprint density at radius 2 is 0.763 bits per heavy atom. The molecule has 0 unspecified atom stereocenters. The standard InChI is InChI=1S/C23H29FN6O3Si.C22H34FN3O3Si2.C19H26FN3O3Si.C17H25ClFN3O3Si/c1-34(2,3)11-10-33-15-28-19-12-18(24)21(17-13-26-29-7-6-25-14-20(17)29)27-22(19)30(23(28)31)16-4-8-32-9-5-16;1-30(2,3)13-9-19-18(23)15-20-21(24-19)26(17-7-10-28-11-8-17)22(27)25(20)16-29-12-14-31(4,5)6;1-5-16-15(20)12-17-18(21-16)23(14-6-8-25-9-7-14)19(24)22(17)13-26-10-11-27(2,3)4;1-26(2,3)9-8-25-11-21-14-10-13(19)15(18)20-16(14)22(17(21)23)12-4-6-24-7-5-12/h6-7,12-14,16H,4-5,8-11,15H2,1-3H3;15,17H,7-8,10-12,14,16H2,1-6H3;1,12,14H,6-11,13H2,2-4H3;10,12H,4-9,11H2,1-3H3. The van der Waals surface area contributed by atoms with Crippen molar-refractivity contribution in [2.75, 3.05) is 79.3 Å². The van der Waals surface area contributed by atoms with Crippen molar-refractivity contribution in [2.24, 2.45) is 0 Å². The lowest BCUT2D eigenvalue weighted by Gasteiger charge is -2.23. The number of halogens is 5. The number of nitrogens with zero attached hydrogens (tertiary/aromatic N) is 15. The minimum absolute atomic E-state index is 0.0252. The molecule has 640 valence electrons. The zero-order valence-corrected chi connectivity index (χ0v) is 76.6. The Hall–Kier alpha value is -7.81. The average molecular weight is 1740 g/mol. The van der Waals surface area contributed by atoms with Gasteiger partial charge in [0, 0.05) is 172 Å². The SMILES string of the molecule is C#Cc1nc2c(cc1F)n(COCC[Si](C)(C)C)c(=O)n2C1CCOCC1.C[Si](C)(C)C#Cc1nc2c(cc1F)n(COCC[Si](C)(C)C)c(=O)n2C1CCOCC1.C[Si](C)(C)CCOCn1c(=O)n(C2CCOCC2)c2nc(-c3cnn4ccncc34)c(F)cc21.C[Si](C)(C)CCOCn1c(=O)n(C2CCOCC2)c2nc(Cl)c(F)cc21. The van der Waals surface area contributed by atoms with Crippen LogP contribution in [-0.4, -0.2) is 191 Å². The maximum absolute atomic E-state index is 15.4. The molecule has 0 radical (unpaired) electrons. The number of hydrogen-bond acceptors (Lipinski definition) is 18. The molecule has 4 aliphatic rings. The third-order valence-electron chi connectivity index (χ3n) is 20.9. The quantitative estimate of drug-likeness (QED) is 0.0169. The van der Waals surface area contributed by atoms with E-state index in [0.717, 1.165) is 37.0 Å². The molecule has 118 heavy (non-hydrogen) atoms. The van der Waals surface area contributed by atoms with Crippen LogP contribution in [0.5, 0.6) is 0 Å². The first-order valence-electron chi connectivity index (χ1n) is 40.7. The molecule has 14 heterocycles. The summed E-state index contributed by atoms with van der Waals surface area (Å²) in [4.78, 5) is 74.7. The van der Waals surface area contributed by atoms with Gasteiger partial charge in [0.25, 0.3) is 0 Å². The van der Waals surface area contributed by atoms with E-state index in [1.54, 1.807) is 47.6 Å². The van der Waals surface area contributed by atoms with E-state index in [1.165, 1.54) is 42.5 Å². The van der Waals surface area contributed by atoms with Gasteiger partial charge >= 0.3 is 22.8 Å². The van der Waals surface area contributed by atoms with Gasteiger partial charge in [0.2, 0.25) is 0 Å². The summed E-state index contributed by atoms with van der Waals surface area (Å²) >= 11 is 5.88. The number of fused-ring (bicyclic) bond motifs is 5. The van der Waals surface area contributed by atoms with Crippen LogP contribution in [0.3, 0.4) is 0 Å². The number of aromatic nitrogens is 15. The maximum atomic E-state index is 15.4. The molecule has 0 amide bonds. The molecule has 37 heteroatoms. The lowest BCUT2D eigenvalue weighted by atomic mass is 10.1. The fourth-order valence-electron chi connectivity index (χ4n) is 14.0. The highest BCUT2D eigenvalue weighted by molar-refractivity contribution is 6.84. The highest BCUT2D eigenvalue weighted by Gasteiger charge is 2.32. The summed E-state index contributed by atoms with van der Waals surface area (Å²) in [6.07, 6.45) is 17.6. The summed E-state index contributed by atoms with van der Waals surface area (Å²) < 4.78 is 118. The first-order valence-corrected chi connectivity index (χ1v) is 59.4. The Bertz CT molecular complexity index is 5530. The molecule has 0 atom stereocenters. The van der Waals surface area contributed by atoms with E-state index in [0.29, 0.717) is 174 Å². The number of pyridine rings is 4. The molecule has 0 spiro atoms. The predicted octanol–water partition coefficient (Wildman–Crippen LogP) is 14.6. The highest BCUT2D eigenvalue weighted by atomic mass is 35.5. The number of ether oxygens (including phenoxy) is 8. The molecule has 4 aliphatic heterocycles. The van der Waals surface area contributed by atoms with E-state index in [9.17, 15) is 32.3 Å². The van der Waals surface area contributed by atoms with E-state index >= 15 is 4.39 Å². The van der Waals surface area contributed by atoms with Crippen molar-refractivity contribution < 1.29 is 55.5 Å². The van der Waals surface area contributed by atoms with Crippen LogP contribution < -0.4 is 22.8 Å². The Balaban J connectivity index is 0.000000155.